The number of anilines is 3. The van der Waals surface area contributed by atoms with Crippen molar-refractivity contribution in [2.45, 2.75) is 0 Å². The van der Waals surface area contributed by atoms with E-state index in [-0.39, 0.29) is 0 Å². The van der Waals surface area contributed by atoms with E-state index in [1.54, 1.807) is 0 Å². The molecule has 0 N–H and O–H groups in total. The Balaban J connectivity index is 1.01. The van der Waals surface area contributed by atoms with Crippen LogP contribution >= 0.6 is 0 Å². The van der Waals surface area contributed by atoms with Crippen molar-refractivity contribution < 1.29 is 8.83 Å². The normalized spacial score (nSPS) is 11.6. The van der Waals surface area contributed by atoms with Gasteiger partial charge in [0.2, 0.25) is 0 Å². The predicted molar refractivity (Wildman–Crippen MR) is 255 cm³/mol. The lowest BCUT2D eigenvalue weighted by Gasteiger charge is -2.26. The highest BCUT2D eigenvalue weighted by molar-refractivity contribution is 6.12. The summed E-state index contributed by atoms with van der Waals surface area (Å²) in [6.45, 7) is 0. The third kappa shape index (κ3) is 6.06. The first-order valence-electron chi connectivity index (χ1n) is 20.7. The van der Waals surface area contributed by atoms with Crippen LogP contribution in [-0.2, 0) is 0 Å². The molecule has 0 atom stereocenters. The number of hydrogen-bond donors (Lipinski definition) is 0. The van der Waals surface area contributed by atoms with Gasteiger partial charge in [-0.2, -0.15) is 0 Å². The molecular weight excluding hydrogens is 743 g/mol. The van der Waals surface area contributed by atoms with Crippen LogP contribution in [0.4, 0.5) is 17.1 Å². The molecule has 0 radical (unpaired) electrons. The van der Waals surface area contributed by atoms with Crippen molar-refractivity contribution in [1.29, 1.82) is 0 Å². The van der Waals surface area contributed by atoms with E-state index in [1.165, 1.54) is 21.9 Å². The third-order valence-electron chi connectivity index (χ3n) is 12.0. The SMILES string of the molecule is c1ccc(-c2ccc(N(c3ccc(-c4cc(-c5cccc6c5oc5ccccc56)cc(-c5cccc6c5oc5ccccc56)c4)cc3)c3ccc4ccccc4c3)cc2)cc1. The van der Waals surface area contributed by atoms with Gasteiger partial charge in [-0.25, -0.2) is 0 Å². The van der Waals surface area contributed by atoms with Gasteiger partial charge in [-0.1, -0.05) is 158 Å². The van der Waals surface area contributed by atoms with E-state index in [0.717, 1.165) is 94.3 Å². The fraction of sp³-hybridized carbons (Fsp3) is 0. The Morgan fingerprint density at radius 1 is 0.262 bits per heavy atom. The summed E-state index contributed by atoms with van der Waals surface area (Å²) in [7, 11) is 0. The van der Waals surface area contributed by atoms with Gasteiger partial charge < -0.3 is 13.7 Å². The van der Waals surface area contributed by atoms with Gasteiger partial charge in [0, 0.05) is 49.7 Å². The number of para-hydroxylation sites is 4. The van der Waals surface area contributed by atoms with E-state index in [1.807, 2.05) is 24.3 Å². The fourth-order valence-electron chi connectivity index (χ4n) is 9.05. The van der Waals surface area contributed by atoms with Gasteiger partial charge in [-0.05, 0) is 111 Å². The lowest BCUT2D eigenvalue weighted by atomic mass is 9.92. The largest absolute Gasteiger partial charge is 0.455 e. The minimum atomic E-state index is 0.883. The predicted octanol–water partition coefficient (Wildman–Crippen LogP) is 16.8. The average Bonchev–Trinajstić information content (AvgIpc) is 3.91. The number of furan rings is 2. The van der Waals surface area contributed by atoms with Crippen molar-refractivity contribution in [1.82, 2.24) is 0 Å². The molecule has 0 aliphatic rings. The van der Waals surface area contributed by atoms with Crippen LogP contribution in [0.1, 0.15) is 0 Å². The van der Waals surface area contributed by atoms with Crippen molar-refractivity contribution in [3.8, 4) is 44.5 Å². The number of nitrogens with zero attached hydrogens (tertiary/aromatic N) is 1. The maximum atomic E-state index is 6.60. The van der Waals surface area contributed by atoms with Crippen LogP contribution in [0.25, 0.3) is 99.2 Å². The maximum absolute atomic E-state index is 6.60. The Hall–Kier alpha value is -8.14. The highest BCUT2D eigenvalue weighted by Gasteiger charge is 2.19. The Labute approximate surface area is 353 Å². The monoisotopic (exact) mass is 779 g/mol. The summed E-state index contributed by atoms with van der Waals surface area (Å²) in [5, 5.41) is 6.86. The van der Waals surface area contributed by atoms with Crippen molar-refractivity contribution in [2.24, 2.45) is 0 Å². The molecule has 0 spiro atoms. The second kappa shape index (κ2) is 14.3. The van der Waals surface area contributed by atoms with Crippen molar-refractivity contribution in [3.63, 3.8) is 0 Å². The van der Waals surface area contributed by atoms with Crippen molar-refractivity contribution >= 4 is 71.7 Å². The molecule has 2 aromatic heterocycles. The number of benzene rings is 10. The maximum Gasteiger partial charge on any atom is 0.143 e. The van der Waals surface area contributed by atoms with E-state index in [9.17, 15) is 0 Å². The smallest absolute Gasteiger partial charge is 0.143 e. The molecule has 12 rings (SSSR count). The van der Waals surface area contributed by atoms with Crippen molar-refractivity contribution in [2.75, 3.05) is 4.90 Å². The molecule has 0 unspecified atom stereocenters. The van der Waals surface area contributed by atoms with Crippen LogP contribution in [0.3, 0.4) is 0 Å². The Morgan fingerprint density at radius 2 is 0.705 bits per heavy atom. The van der Waals surface area contributed by atoms with E-state index >= 15 is 0 Å². The minimum Gasteiger partial charge on any atom is -0.455 e. The van der Waals surface area contributed by atoms with Gasteiger partial charge in [-0.15, -0.1) is 0 Å². The second-order valence-corrected chi connectivity index (χ2v) is 15.7. The van der Waals surface area contributed by atoms with Gasteiger partial charge in [0.1, 0.15) is 22.3 Å². The molecule has 0 aliphatic carbocycles. The molecule has 3 heteroatoms. The summed E-state index contributed by atoms with van der Waals surface area (Å²) in [5.41, 5.74) is 15.6. The van der Waals surface area contributed by atoms with Crippen LogP contribution in [0, 0.1) is 0 Å². The number of rotatable bonds is 7. The highest BCUT2D eigenvalue weighted by Crippen LogP contribution is 2.43. The zero-order valence-corrected chi connectivity index (χ0v) is 33.1. The molecule has 12 aromatic rings. The number of fused-ring (bicyclic) bond motifs is 7. The Bertz CT molecular complexity index is 3450. The third-order valence-corrected chi connectivity index (χ3v) is 12.0. The first-order chi connectivity index (χ1) is 30.2. The molecule has 0 saturated carbocycles. The molecule has 2 heterocycles. The molecule has 10 aromatic carbocycles. The quantitative estimate of drug-likeness (QED) is 0.161. The molecule has 61 heavy (non-hydrogen) atoms. The molecular formula is C58H37NO2. The van der Waals surface area contributed by atoms with Crippen LogP contribution in [0.2, 0.25) is 0 Å². The van der Waals surface area contributed by atoms with E-state index in [4.69, 9.17) is 8.83 Å². The average molecular weight is 780 g/mol. The Kier molecular flexibility index (Phi) is 8.17. The summed E-state index contributed by atoms with van der Waals surface area (Å²) in [6, 6.07) is 80.0. The molecule has 0 amide bonds. The van der Waals surface area contributed by atoms with Gasteiger partial charge in [0.25, 0.3) is 0 Å². The topological polar surface area (TPSA) is 29.5 Å². The van der Waals surface area contributed by atoms with E-state index < -0.39 is 0 Å². The minimum absolute atomic E-state index is 0.883. The second-order valence-electron chi connectivity index (χ2n) is 15.7. The first-order valence-corrected chi connectivity index (χ1v) is 20.7. The summed E-state index contributed by atoms with van der Waals surface area (Å²) >= 11 is 0. The first kappa shape index (κ1) is 34.9. The van der Waals surface area contributed by atoms with E-state index in [0.29, 0.717) is 0 Å². The van der Waals surface area contributed by atoms with Gasteiger partial charge >= 0.3 is 0 Å². The highest BCUT2D eigenvalue weighted by atomic mass is 16.3. The summed E-state index contributed by atoms with van der Waals surface area (Å²) in [5.74, 6) is 0. The molecule has 3 nitrogen and oxygen atoms in total. The molecule has 286 valence electrons. The van der Waals surface area contributed by atoms with E-state index in [2.05, 4.69) is 205 Å². The lowest BCUT2D eigenvalue weighted by molar-refractivity contribution is 0.670. The molecule has 0 bridgehead atoms. The fourth-order valence-corrected chi connectivity index (χ4v) is 9.05. The van der Waals surface area contributed by atoms with Crippen LogP contribution in [0.15, 0.2) is 233 Å². The van der Waals surface area contributed by atoms with Crippen LogP contribution in [0.5, 0.6) is 0 Å². The summed E-state index contributed by atoms with van der Waals surface area (Å²) < 4.78 is 13.2. The molecule has 0 fully saturated rings. The summed E-state index contributed by atoms with van der Waals surface area (Å²) in [4.78, 5) is 2.34. The molecule has 0 aliphatic heterocycles. The van der Waals surface area contributed by atoms with Crippen molar-refractivity contribution in [3.05, 3.63) is 224 Å². The zero-order valence-electron chi connectivity index (χ0n) is 33.1. The zero-order chi connectivity index (χ0) is 40.3. The Morgan fingerprint density at radius 3 is 1.30 bits per heavy atom. The van der Waals surface area contributed by atoms with Gasteiger partial charge in [0.15, 0.2) is 0 Å². The van der Waals surface area contributed by atoms with Gasteiger partial charge in [0.05, 0.1) is 0 Å². The van der Waals surface area contributed by atoms with Gasteiger partial charge in [-0.3, -0.25) is 0 Å². The summed E-state index contributed by atoms with van der Waals surface area (Å²) in [6.07, 6.45) is 0. The molecule has 0 saturated heterocycles. The van der Waals surface area contributed by atoms with Crippen LogP contribution in [-0.4, -0.2) is 0 Å². The van der Waals surface area contributed by atoms with Crippen LogP contribution < -0.4 is 4.90 Å². The lowest BCUT2D eigenvalue weighted by Crippen LogP contribution is -2.09. The standard InChI is InChI=1S/C58H37NO2/c1-2-12-38(13-3-1)40-24-29-46(30-25-40)59(48-33-28-39-14-4-5-15-42(39)37-48)47-31-26-41(27-32-47)43-34-44(49-18-10-20-53-51-16-6-8-22-55(51)60-57(49)53)36-45(35-43)50-19-11-21-54-52-17-7-9-23-56(52)61-58(50)54/h1-37H. The number of hydrogen-bond acceptors (Lipinski definition) is 3.